The molecule has 4 unspecified atom stereocenters. The number of aliphatic hydroxyl groups is 1. The van der Waals surface area contributed by atoms with E-state index in [1.807, 2.05) is 13.0 Å². The van der Waals surface area contributed by atoms with Crippen LogP contribution >= 0.6 is 11.3 Å². The SMILES string of the molecule is CC1CCC(C(C)(O)c2cccs2)CC1C. The molecule has 0 saturated heterocycles. The quantitative estimate of drug-likeness (QED) is 0.825. The fraction of sp³-hybridized carbons (Fsp3) is 0.714. The van der Waals surface area contributed by atoms with Crippen LogP contribution in [0.3, 0.4) is 0 Å². The molecular weight excluding hydrogens is 216 g/mol. The molecule has 1 heterocycles. The van der Waals surface area contributed by atoms with Crippen LogP contribution in [0.15, 0.2) is 17.5 Å². The van der Waals surface area contributed by atoms with Crippen molar-refractivity contribution in [2.45, 2.75) is 45.6 Å². The summed E-state index contributed by atoms with van der Waals surface area (Å²) in [5.41, 5.74) is -0.622. The maximum absolute atomic E-state index is 10.7. The summed E-state index contributed by atoms with van der Waals surface area (Å²) in [5, 5.41) is 12.8. The maximum Gasteiger partial charge on any atom is 0.0987 e. The second kappa shape index (κ2) is 4.50. The van der Waals surface area contributed by atoms with E-state index in [9.17, 15) is 5.11 Å². The molecule has 1 aromatic heterocycles. The maximum atomic E-state index is 10.7. The summed E-state index contributed by atoms with van der Waals surface area (Å²) in [4.78, 5) is 1.12. The highest BCUT2D eigenvalue weighted by atomic mass is 32.1. The van der Waals surface area contributed by atoms with Crippen molar-refractivity contribution in [2.24, 2.45) is 17.8 Å². The summed E-state index contributed by atoms with van der Waals surface area (Å²) in [5.74, 6) is 1.98. The molecule has 1 aromatic rings. The number of hydrogen-bond donors (Lipinski definition) is 1. The van der Waals surface area contributed by atoms with Gasteiger partial charge in [-0.25, -0.2) is 0 Å². The predicted octanol–water partition coefficient (Wildman–Crippen LogP) is 4.03. The Balaban J connectivity index is 2.13. The Labute approximate surface area is 103 Å². The van der Waals surface area contributed by atoms with E-state index in [-0.39, 0.29) is 0 Å². The minimum Gasteiger partial charge on any atom is -0.384 e. The first-order valence-electron chi connectivity index (χ1n) is 6.28. The van der Waals surface area contributed by atoms with E-state index in [0.29, 0.717) is 5.92 Å². The molecule has 0 aliphatic heterocycles. The minimum atomic E-state index is -0.622. The zero-order valence-electron chi connectivity index (χ0n) is 10.4. The summed E-state index contributed by atoms with van der Waals surface area (Å²) in [7, 11) is 0. The Morgan fingerprint density at radius 1 is 1.31 bits per heavy atom. The van der Waals surface area contributed by atoms with Crippen molar-refractivity contribution in [1.82, 2.24) is 0 Å². The normalized spacial score (nSPS) is 34.6. The second-order valence-electron chi connectivity index (χ2n) is 5.59. The lowest BCUT2D eigenvalue weighted by molar-refractivity contribution is -0.0342. The molecule has 1 aliphatic rings. The fourth-order valence-electron chi connectivity index (χ4n) is 2.83. The second-order valence-corrected chi connectivity index (χ2v) is 6.54. The molecule has 0 radical (unpaired) electrons. The fourth-order valence-corrected chi connectivity index (χ4v) is 3.69. The topological polar surface area (TPSA) is 20.2 Å². The van der Waals surface area contributed by atoms with Gasteiger partial charge in [0.1, 0.15) is 0 Å². The summed E-state index contributed by atoms with van der Waals surface area (Å²) < 4.78 is 0. The van der Waals surface area contributed by atoms with E-state index in [1.54, 1.807) is 11.3 Å². The largest absolute Gasteiger partial charge is 0.384 e. The van der Waals surface area contributed by atoms with Gasteiger partial charge in [-0.2, -0.15) is 0 Å². The third kappa shape index (κ3) is 2.18. The van der Waals surface area contributed by atoms with Crippen molar-refractivity contribution >= 4 is 11.3 Å². The molecule has 0 spiro atoms. The van der Waals surface area contributed by atoms with Crippen LogP contribution in [0.5, 0.6) is 0 Å². The molecular formula is C14H22OS. The van der Waals surface area contributed by atoms with E-state index in [0.717, 1.165) is 29.6 Å². The Morgan fingerprint density at radius 2 is 2.06 bits per heavy atom. The highest BCUT2D eigenvalue weighted by Crippen LogP contribution is 2.44. The van der Waals surface area contributed by atoms with Crippen LogP contribution in [-0.4, -0.2) is 5.11 Å². The molecule has 0 amide bonds. The van der Waals surface area contributed by atoms with Crippen molar-refractivity contribution < 1.29 is 5.11 Å². The van der Waals surface area contributed by atoms with Crippen molar-refractivity contribution in [3.8, 4) is 0 Å². The zero-order chi connectivity index (χ0) is 11.8. The average Bonchev–Trinajstić information content (AvgIpc) is 2.75. The first-order chi connectivity index (χ1) is 7.51. The smallest absolute Gasteiger partial charge is 0.0987 e. The first-order valence-corrected chi connectivity index (χ1v) is 7.16. The average molecular weight is 238 g/mol. The summed E-state index contributed by atoms with van der Waals surface area (Å²) in [6.07, 6.45) is 3.58. The van der Waals surface area contributed by atoms with Crippen LogP contribution in [0.1, 0.15) is 44.9 Å². The van der Waals surface area contributed by atoms with Gasteiger partial charge in [-0.15, -0.1) is 11.3 Å². The molecule has 1 fully saturated rings. The molecule has 1 aliphatic carbocycles. The van der Waals surface area contributed by atoms with Crippen LogP contribution in [-0.2, 0) is 5.60 Å². The standard InChI is InChI=1S/C14H22OS/c1-10-6-7-12(9-11(10)2)14(3,15)13-5-4-8-16-13/h4-5,8,10-12,15H,6-7,9H2,1-3H3. The van der Waals surface area contributed by atoms with E-state index in [4.69, 9.17) is 0 Å². The summed E-state index contributed by atoms with van der Waals surface area (Å²) >= 11 is 1.68. The molecule has 1 saturated carbocycles. The van der Waals surface area contributed by atoms with E-state index in [1.165, 1.54) is 6.42 Å². The molecule has 90 valence electrons. The van der Waals surface area contributed by atoms with Gasteiger partial charge < -0.3 is 5.11 Å². The lowest BCUT2D eigenvalue weighted by atomic mass is 9.69. The highest BCUT2D eigenvalue weighted by molar-refractivity contribution is 7.10. The summed E-state index contributed by atoms with van der Waals surface area (Å²) in [6, 6.07) is 4.09. The van der Waals surface area contributed by atoms with E-state index >= 15 is 0 Å². The number of rotatable bonds is 2. The van der Waals surface area contributed by atoms with Crippen LogP contribution in [0.4, 0.5) is 0 Å². The predicted molar refractivity (Wildman–Crippen MR) is 69.6 cm³/mol. The van der Waals surface area contributed by atoms with E-state index in [2.05, 4.69) is 25.3 Å². The van der Waals surface area contributed by atoms with Crippen molar-refractivity contribution in [2.75, 3.05) is 0 Å². The van der Waals surface area contributed by atoms with Gasteiger partial charge in [0.05, 0.1) is 5.60 Å². The van der Waals surface area contributed by atoms with Gasteiger partial charge in [0, 0.05) is 4.88 Å². The third-order valence-electron chi connectivity index (χ3n) is 4.41. The third-order valence-corrected chi connectivity index (χ3v) is 5.51. The van der Waals surface area contributed by atoms with Crippen LogP contribution < -0.4 is 0 Å². The highest BCUT2D eigenvalue weighted by Gasteiger charge is 2.38. The van der Waals surface area contributed by atoms with Gasteiger partial charge >= 0.3 is 0 Å². The van der Waals surface area contributed by atoms with Crippen molar-refractivity contribution in [3.05, 3.63) is 22.4 Å². The lowest BCUT2D eigenvalue weighted by Crippen LogP contribution is -2.36. The molecule has 0 aromatic carbocycles. The monoisotopic (exact) mass is 238 g/mol. The van der Waals surface area contributed by atoms with Gasteiger partial charge in [0.2, 0.25) is 0 Å². The van der Waals surface area contributed by atoms with E-state index < -0.39 is 5.60 Å². The lowest BCUT2D eigenvalue weighted by Gasteiger charge is -2.40. The van der Waals surface area contributed by atoms with Gasteiger partial charge in [-0.3, -0.25) is 0 Å². The Bertz CT molecular complexity index is 329. The van der Waals surface area contributed by atoms with Crippen LogP contribution in [0.25, 0.3) is 0 Å². The first kappa shape index (κ1) is 12.1. The van der Waals surface area contributed by atoms with Gasteiger partial charge in [-0.1, -0.05) is 26.3 Å². The minimum absolute atomic E-state index is 0.428. The number of hydrogen-bond acceptors (Lipinski definition) is 2. The zero-order valence-corrected chi connectivity index (χ0v) is 11.3. The molecule has 4 atom stereocenters. The molecule has 2 heteroatoms. The molecule has 0 bridgehead atoms. The van der Waals surface area contributed by atoms with Crippen LogP contribution in [0.2, 0.25) is 0 Å². The Morgan fingerprint density at radius 3 is 2.62 bits per heavy atom. The number of thiophene rings is 1. The van der Waals surface area contributed by atoms with Gasteiger partial charge in [0.25, 0.3) is 0 Å². The Kier molecular flexibility index (Phi) is 3.41. The van der Waals surface area contributed by atoms with Gasteiger partial charge in [-0.05, 0) is 49.0 Å². The Hall–Kier alpha value is -0.340. The van der Waals surface area contributed by atoms with Gasteiger partial charge in [0.15, 0.2) is 0 Å². The molecule has 1 N–H and O–H groups in total. The van der Waals surface area contributed by atoms with Crippen LogP contribution in [0, 0.1) is 17.8 Å². The van der Waals surface area contributed by atoms with Crippen molar-refractivity contribution in [3.63, 3.8) is 0 Å². The molecule has 16 heavy (non-hydrogen) atoms. The summed E-state index contributed by atoms with van der Waals surface area (Å²) in [6.45, 7) is 6.65. The van der Waals surface area contributed by atoms with Crippen molar-refractivity contribution in [1.29, 1.82) is 0 Å². The molecule has 2 rings (SSSR count). The molecule has 1 nitrogen and oxygen atoms in total.